The van der Waals surface area contributed by atoms with Crippen LogP contribution in [0.2, 0.25) is 0 Å². The second-order valence-corrected chi connectivity index (χ2v) is 5.42. The van der Waals surface area contributed by atoms with E-state index in [1.54, 1.807) is 0 Å². The normalized spacial score (nSPS) is 34.2. The molecule has 2 aliphatic rings. The van der Waals surface area contributed by atoms with Crippen LogP contribution >= 0.6 is 0 Å². The zero-order chi connectivity index (χ0) is 13.1. The van der Waals surface area contributed by atoms with Gasteiger partial charge in [0.25, 0.3) is 0 Å². The first kappa shape index (κ1) is 13.1. The predicted molar refractivity (Wildman–Crippen MR) is 74.9 cm³/mol. The zero-order valence-corrected chi connectivity index (χ0v) is 11.7. The van der Waals surface area contributed by atoms with Crippen LogP contribution in [-0.4, -0.2) is 37.2 Å². The molecule has 0 amide bonds. The third kappa shape index (κ3) is 2.31. The molecule has 3 heteroatoms. The third-order valence-corrected chi connectivity index (χ3v) is 4.28. The maximum Gasteiger partial charge on any atom is 0.211 e. The van der Waals surface area contributed by atoms with E-state index >= 15 is 0 Å². The topological polar surface area (TPSA) is 21.7 Å². The van der Waals surface area contributed by atoms with Gasteiger partial charge in [0.2, 0.25) is 5.79 Å². The number of rotatable bonds is 4. The monoisotopic (exact) mass is 261 g/mol. The minimum atomic E-state index is -0.535. The maximum absolute atomic E-state index is 6.17. The molecule has 1 aromatic carbocycles. The Labute approximate surface area is 115 Å². The standard InChI is InChI=1S/C16H23NO2/c1-2-3-9-15-16(14-7-5-4-6-8-14)18-12-10-17(15)11-13-19-16/h4-8,15H,2-3,9-13H2,1H3. The van der Waals surface area contributed by atoms with Crippen molar-refractivity contribution in [2.75, 3.05) is 26.3 Å². The molecule has 0 aromatic heterocycles. The summed E-state index contributed by atoms with van der Waals surface area (Å²) < 4.78 is 12.3. The summed E-state index contributed by atoms with van der Waals surface area (Å²) in [4.78, 5) is 2.55. The number of hydrogen-bond donors (Lipinski definition) is 0. The van der Waals surface area contributed by atoms with Gasteiger partial charge in [-0.25, -0.2) is 0 Å². The smallest absolute Gasteiger partial charge is 0.211 e. The molecule has 0 aliphatic carbocycles. The molecule has 2 bridgehead atoms. The molecule has 2 fully saturated rings. The Hall–Kier alpha value is -0.900. The highest BCUT2D eigenvalue weighted by molar-refractivity contribution is 5.24. The second-order valence-electron chi connectivity index (χ2n) is 5.42. The van der Waals surface area contributed by atoms with Crippen molar-refractivity contribution >= 4 is 0 Å². The molecule has 1 aromatic rings. The molecule has 0 saturated carbocycles. The Morgan fingerprint density at radius 2 is 1.84 bits per heavy atom. The molecule has 104 valence electrons. The van der Waals surface area contributed by atoms with Crippen molar-refractivity contribution in [3.05, 3.63) is 35.9 Å². The fourth-order valence-electron chi connectivity index (χ4n) is 3.33. The SMILES string of the molecule is CCCCC1N2CCOC1(c1ccccc1)OCC2. The average Bonchev–Trinajstić information content (AvgIpc) is 2.45. The molecule has 1 unspecified atom stereocenters. The summed E-state index contributed by atoms with van der Waals surface area (Å²) in [5.41, 5.74) is 1.17. The fraction of sp³-hybridized carbons (Fsp3) is 0.625. The van der Waals surface area contributed by atoms with Crippen molar-refractivity contribution in [3.63, 3.8) is 0 Å². The van der Waals surface area contributed by atoms with Crippen LogP contribution in [0.5, 0.6) is 0 Å². The third-order valence-electron chi connectivity index (χ3n) is 4.28. The number of ether oxygens (including phenoxy) is 2. The lowest BCUT2D eigenvalue weighted by Crippen LogP contribution is -2.63. The van der Waals surface area contributed by atoms with Gasteiger partial charge in [0.15, 0.2) is 0 Å². The first-order valence-corrected chi connectivity index (χ1v) is 7.44. The number of benzene rings is 1. The molecular weight excluding hydrogens is 238 g/mol. The Bertz CT molecular complexity index is 396. The Kier molecular flexibility index (Phi) is 3.87. The van der Waals surface area contributed by atoms with Crippen molar-refractivity contribution in [1.82, 2.24) is 4.90 Å². The molecule has 2 aliphatic heterocycles. The van der Waals surface area contributed by atoms with Crippen molar-refractivity contribution < 1.29 is 9.47 Å². The molecule has 0 radical (unpaired) electrons. The van der Waals surface area contributed by atoms with Gasteiger partial charge in [0.1, 0.15) is 0 Å². The molecular formula is C16H23NO2. The highest BCUT2D eigenvalue weighted by Crippen LogP contribution is 2.41. The van der Waals surface area contributed by atoms with Crippen LogP contribution in [0.4, 0.5) is 0 Å². The van der Waals surface area contributed by atoms with Gasteiger partial charge in [-0.3, -0.25) is 4.90 Å². The molecule has 1 atom stereocenters. The molecule has 0 spiro atoms. The van der Waals surface area contributed by atoms with Crippen LogP contribution in [-0.2, 0) is 15.3 Å². The highest BCUT2D eigenvalue weighted by atomic mass is 16.7. The van der Waals surface area contributed by atoms with Gasteiger partial charge < -0.3 is 9.47 Å². The summed E-state index contributed by atoms with van der Waals surface area (Å²) in [5, 5.41) is 0. The van der Waals surface area contributed by atoms with Crippen LogP contribution in [0.25, 0.3) is 0 Å². The van der Waals surface area contributed by atoms with Crippen LogP contribution in [0.3, 0.4) is 0 Å². The first-order chi connectivity index (χ1) is 9.37. The molecule has 19 heavy (non-hydrogen) atoms. The molecule has 3 nitrogen and oxygen atoms in total. The van der Waals surface area contributed by atoms with Gasteiger partial charge in [-0.2, -0.15) is 0 Å². The van der Waals surface area contributed by atoms with E-state index < -0.39 is 5.79 Å². The van der Waals surface area contributed by atoms with E-state index in [9.17, 15) is 0 Å². The Morgan fingerprint density at radius 3 is 2.47 bits per heavy atom. The summed E-state index contributed by atoms with van der Waals surface area (Å²) in [7, 11) is 0. The van der Waals surface area contributed by atoms with Crippen LogP contribution in [0, 0.1) is 0 Å². The largest absolute Gasteiger partial charge is 0.343 e. The minimum absolute atomic E-state index is 0.359. The van der Waals surface area contributed by atoms with Gasteiger partial charge >= 0.3 is 0 Å². The number of unbranched alkanes of at least 4 members (excludes halogenated alkanes) is 1. The number of nitrogens with zero attached hydrogens (tertiary/aromatic N) is 1. The molecule has 3 rings (SSSR count). The lowest BCUT2D eigenvalue weighted by molar-refractivity contribution is -0.331. The van der Waals surface area contributed by atoms with Crippen LogP contribution in [0.15, 0.2) is 30.3 Å². The fourth-order valence-corrected chi connectivity index (χ4v) is 3.33. The quantitative estimate of drug-likeness (QED) is 0.832. The Morgan fingerprint density at radius 1 is 1.16 bits per heavy atom. The van der Waals surface area contributed by atoms with Gasteiger partial charge in [0, 0.05) is 18.7 Å². The van der Waals surface area contributed by atoms with Gasteiger partial charge in [-0.05, 0) is 6.42 Å². The van der Waals surface area contributed by atoms with E-state index in [-0.39, 0.29) is 0 Å². The predicted octanol–water partition coefficient (Wildman–Crippen LogP) is 2.76. The van der Waals surface area contributed by atoms with Crippen molar-refractivity contribution in [2.45, 2.75) is 38.0 Å². The van der Waals surface area contributed by atoms with Crippen LogP contribution in [0.1, 0.15) is 31.7 Å². The summed E-state index contributed by atoms with van der Waals surface area (Å²) >= 11 is 0. The van der Waals surface area contributed by atoms with E-state index in [4.69, 9.17) is 9.47 Å². The van der Waals surface area contributed by atoms with Crippen LogP contribution < -0.4 is 0 Å². The zero-order valence-electron chi connectivity index (χ0n) is 11.7. The number of hydrogen-bond acceptors (Lipinski definition) is 3. The maximum atomic E-state index is 6.17. The van der Waals surface area contributed by atoms with E-state index in [0.717, 1.165) is 32.7 Å². The summed E-state index contributed by atoms with van der Waals surface area (Å²) in [5.74, 6) is -0.535. The summed E-state index contributed by atoms with van der Waals surface area (Å²) in [6.45, 7) is 5.83. The van der Waals surface area contributed by atoms with Crippen molar-refractivity contribution in [3.8, 4) is 0 Å². The van der Waals surface area contributed by atoms with E-state index in [1.165, 1.54) is 18.4 Å². The van der Waals surface area contributed by atoms with E-state index in [1.807, 2.05) is 6.07 Å². The molecule has 2 saturated heterocycles. The lowest BCUT2D eigenvalue weighted by atomic mass is 9.89. The summed E-state index contributed by atoms with van der Waals surface area (Å²) in [6.07, 6.45) is 3.59. The summed E-state index contributed by atoms with van der Waals surface area (Å²) in [6, 6.07) is 10.8. The van der Waals surface area contributed by atoms with E-state index in [0.29, 0.717) is 6.04 Å². The average molecular weight is 261 g/mol. The molecule has 2 heterocycles. The van der Waals surface area contributed by atoms with E-state index in [2.05, 4.69) is 36.1 Å². The minimum Gasteiger partial charge on any atom is -0.343 e. The second kappa shape index (κ2) is 5.61. The number of morpholine rings is 2. The van der Waals surface area contributed by atoms with Crippen molar-refractivity contribution in [1.29, 1.82) is 0 Å². The molecule has 0 N–H and O–H groups in total. The first-order valence-electron chi connectivity index (χ1n) is 7.44. The van der Waals surface area contributed by atoms with Gasteiger partial charge in [-0.1, -0.05) is 50.1 Å². The highest BCUT2D eigenvalue weighted by Gasteiger charge is 2.50. The van der Waals surface area contributed by atoms with Gasteiger partial charge in [-0.15, -0.1) is 0 Å². The van der Waals surface area contributed by atoms with Gasteiger partial charge in [0.05, 0.1) is 19.3 Å². The number of fused-ring (bicyclic) bond motifs is 2. The lowest BCUT2D eigenvalue weighted by Gasteiger charge is -2.53. The Balaban J connectivity index is 1.93. The van der Waals surface area contributed by atoms with Crippen molar-refractivity contribution in [2.24, 2.45) is 0 Å².